The summed E-state index contributed by atoms with van der Waals surface area (Å²) in [6, 6.07) is 10.9. The second kappa shape index (κ2) is 7.42. The lowest BCUT2D eigenvalue weighted by Gasteiger charge is -2.39. The van der Waals surface area contributed by atoms with E-state index in [0.717, 1.165) is 19.5 Å². The second-order valence-electron chi connectivity index (χ2n) is 6.06. The Morgan fingerprint density at radius 1 is 1.18 bits per heavy atom. The van der Waals surface area contributed by atoms with Gasteiger partial charge in [0.05, 0.1) is 0 Å². The lowest BCUT2D eigenvalue weighted by Crippen LogP contribution is -2.60. The van der Waals surface area contributed by atoms with Crippen molar-refractivity contribution in [2.45, 2.75) is 44.4 Å². The number of amides is 1. The first-order chi connectivity index (χ1) is 10.2. The Balaban J connectivity index is 0.00000176. The Hall–Kier alpha value is -1.14. The number of hydrogen-bond acceptors (Lipinski definition) is 4. The van der Waals surface area contributed by atoms with Crippen LogP contribution in [0, 0.1) is 0 Å². The van der Waals surface area contributed by atoms with Crippen molar-refractivity contribution in [2.24, 2.45) is 0 Å². The first kappa shape index (κ1) is 17.2. The van der Waals surface area contributed by atoms with Crippen LogP contribution in [0.1, 0.15) is 31.9 Å². The highest BCUT2D eigenvalue weighted by Gasteiger charge is 2.36. The largest absolute Gasteiger partial charge is 0.336 e. The molecule has 2 heterocycles. The third-order valence-electron chi connectivity index (χ3n) is 4.72. The average Bonchev–Trinajstić information content (AvgIpc) is 3.00. The van der Waals surface area contributed by atoms with Crippen LogP contribution in [0.4, 0.5) is 0 Å². The number of piperazine rings is 1. The lowest BCUT2D eigenvalue weighted by atomic mass is 10.00. The minimum absolute atomic E-state index is 0. The molecule has 4 unspecified atom stereocenters. The molecule has 1 aromatic carbocycles. The van der Waals surface area contributed by atoms with E-state index in [1.54, 1.807) is 0 Å². The number of carbonyl (C=O) groups is 1. The van der Waals surface area contributed by atoms with Crippen molar-refractivity contribution in [3.05, 3.63) is 35.9 Å². The van der Waals surface area contributed by atoms with E-state index in [1.807, 2.05) is 23.1 Å². The Morgan fingerprint density at radius 3 is 2.64 bits per heavy atom. The molecule has 0 bridgehead atoms. The van der Waals surface area contributed by atoms with Gasteiger partial charge in [0.15, 0.2) is 0 Å². The predicted molar refractivity (Wildman–Crippen MR) is 89.7 cm³/mol. The SMILES string of the molecule is CC1NCCN(C(=O)C2CC(c3ccccc3)NN2)C1C.Cl. The number of nitrogens with one attached hydrogen (secondary N) is 3. The van der Waals surface area contributed by atoms with E-state index < -0.39 is 0 Å². The molecule has 2 aliphatic heterocycles. The second-order valence-corrected chi connectivity index (χ2v) is 6.06. The monoisotopic (exact) mass is 324 g/mol. The Kier molecular flexibility index (Phi) is 5.81. The molecule has 4 atom stereocenters. The molecule has 3 N–H and O–H groups in total. The predicted octanol–water partition coefficient (Wildman–Crippen LogP) is 1.22. The highest BCUT2D eigenvalue weighted by molar-refractivity contribution is 5.85. The highest BCUT2D eigenvalue weighted by atomic mass is 35.5. The Morgan fingerprint density at radius 2 is 1.91 bits per heavy atom. The van der Waals surface area contributed by atoms with E-state index in [1.165, 1.54) is 5.56 Å². The molecule has 3 rings (SSSR count). The van der Waals surface area contributed by atoms with Crippen molar-refractivity contribution in [2.75, 3.05) is 13.1 Å². The normalized spacial score (nSPS) is 31.6. The molecule has 5 nitrogen and oxygen atoms in total. The molecule has 6 heteroatoms. The fourth-order valence-corrected chi connectivity index (χ4v) is 3.19. The number of halogens is 1. The zero-order valence-electron chi connectivity index (χ0n) is 13.1. The van der Waals surface area contributed by atoms with Crippen LogP contribution in [-0.2, 0) is 4.79 Å². The molecule has 2 aliphatic rings. The molecular weight excluding hydrogens is 300 g/mol. The number of hydrazine groups is 1. The van der Waals surface area contributed by atoms with Crippen LogP contribution in [0.25, 0.3) is 0 Å². The van der Waals surface area contributed by atoms with Gasteiger partial charge in [-0.1, -0.05) is 30.3 Å². The third kappa shape index (κ3) is 3.43. The zero-order valence-corrected chi connectivity index (χ0v) is 13.9. The van der Waals surface area contributed by atoms with Crippen LogP contribution in [0.3, 0.4) is 0 Å². The zero-order chi connectivity index (χ0) is 14.8. The van der Waals surface area contributed by atoms with Gasteiger partial charge in [0.1, 0.15) is 6.04 Å². The first-order valence-corrected chi connectivity index (χ1v) is 7.76. The van der Waals surface area contributed by atoms with Gasteiger partial charge in [0, 0.05) is 31.2 Å². The third-order valence-corrected chi connectivity index (χ3v) is 4.72. The van der Waals surface area contributed by atoms with Crippen molar-refractivity contribution in [3.8, 4) is 0 Å². The van der Waals surface area contributed by atoms with Crippen LogP contribution in [0.15, 0.2) is 30.3 Å². The number of nitrogens with zero attached hydrogens (tertiary/aromatic N) is 1. The Bertz CT molecular complexity index is 498. The molecule has 122 valence electrons. The summed E-state index contributed by atoms with van der Waals surface area (Å²) < 4.78 is 0. The fraction of sp³-hybridized carbons (Fsp3) is 0.562. The molecule has 0 saturated carbocycles. The van der Waals surface area contributed by atoms with Gasteiger partial charge < -0.3 is 10.2 Å². The van der Waals surface area contributed by atoms with Gasteiger partial charge in [-0.2, -0.15) is 0 Å². The lowest BCUT2D eigenvalue weighted by molar-refractivity contribution is -0.136. The Labute approximate surface area is 138 Å². The maximum absolute atomic E-state index is 12.7. The molecule has 0 aliphatic carbocycles. The van der Waals surface area contributed by atoms with Gasteiger partial charge >= 0.3 is 0 Å². The van der Waals surface area contributed by atoms with Crippen molar-refractivity contribution >= 4 is 18.3 Å². The van der Waals surface area contributed by atoms with Gasteiger partial charge in [-0.05, 0) is 25.8 Å². The van der Waals surface area contributed by atoms with E-state index in [9.17, 15) is 4.79 Å². The quantitative estimate of drug-likeness (QED) is 0.766. The molecular formula is C16H25ClN4O. The van der Waals surface area contributed by atoms with Crippen LogP contribution in [0.2, 0.25) is 0 Å². The number of benzene rings is 1. The molecule has 2 saturated heterocycles. The van der Waals surface area contributed by atoms with Gasteiger partial charge in [-0.15, -0.1) is 12.4 Å². The van der Waals surface area contributed by atoms with Gasteiger partial charge in [0.2, 0.25) is 5.91 Å². The first-order valence-electron chi connectivity index (χ1n) is 7.76. The summed E-state index contributed by atoms with van der Waals surface area (Å²) in [6.45, 7) is 5.92. The molecule has 0 aromatic heterocycles. The van der Waals surface area contributed by atoms with E-state index in [-0.39, 0.29) is 36.4 Å². The number of carbonyl (C=O) groups excluding carboxylic acids is 1. The summed E-state index contributed by atoms with van der Waals surface area (Å²) in [5.74, 6) is 0.210. The molecule has 22 heavy (non-hydrogen) atoms. The summed E-state index contributed by atoms with van der Waals surface area (Å²) in [5.41, 5.74) is 7.66. The van der Waals surface area contributed by atoms with Crippen molar-refractivity contribution < 1.29 is 4.79 Å². The molecule has 0 spiro atoms. The van der Waals surface area contributed by atoms with Crippen molar-refractivity contribution in [1.29, 1.82) is 0 Å². The molecule has 0 radical (unpaired) electrons. The maximum Gasteiger partial charge on any atom is 0.241 e. The van der Waals surface area contributed by atoms with Crippen molar-refractivity contribution in [1.82, 2.24) is 21.1 Å². The van der Waals surface area contributed by atoms with Crippen LogP contribution in [0.5, 0.6) is 0 Å². The summed E-state index contributed by atoms with van der Waals surface area (Å²) in [7, 11) is 0. The summed E-state index contributed by atoms with van der Waals surface area (Å²) in [4.78, 5) is 14.7. The van der Waals surface area contributed by atoms with Gasteiger partial charge in [-0.25, -0.2) is 10.9 Å². The molecule has 2 fully saturated rings. The highest BCUT2D eigenvalue weighted by Crippen LogP contribution is 2.23. The van der Waals surface area contributed by atoms with E-state index in [0.29, 0.717) is 6.04 Å². The molecule has 1 amide bonds. The van der Waals surface area contributed by atoms with Crippen LogP contribution < -0.4 is 16.2 Å². The van der Waals surface area contributed by atoms with E-state index >= 15 is 0 Å². The minimum Gasteiger partial charge on any atom is -0.336 e. The number of rotatable bonds is 2. The fourth-order valence-electron chi connectivity index (χ4n) is 3.19. The van der Waals surface area contributed by atoms with E-state index in [4.69, 9.17) is 0 Å². The minimum atomic E-state index is -0.136. The summed E-state index contributed by atoms with van der Waals surface area (Å²) in [5, 5.41) is 3.41. The standard InChI is InChI=1S/C16H24N4O.ClH/c1-11-12(2)20(9-8-17-11)16(21)15-10-14(18-19-15)13-6-4-3-5-7-13;/h3-7,11-12,14-15,17-19H,8-10H2,1-2H3;1H. The summed E-state index contributed by atoms with van der Waals surface area (Å²) >= 11 is 0. The van der Waals surface area contributed by atoms with Gasteiger partial charge in [-0.3, -0.25) is 4.79 Å². The van der Waals surface area contributed by atoms with Crippen molar-refractivity contribution in [3.63, 3.8) is 0 Å². The smallest absolute Gasteiger partial charge is 0.241 e. The average molecular weight is 325 g/mol. The van der Waals surface area contributed by atoms with Gasteiger partial charge in [0.25, 0.3) is 0 Å². The van der Waals surface area contributed by atoms with Crippen LogP contribution >= 0.6 is 12.4 Å². The van der Waals surface area contributed by atoms with Crippen LogP contribution in [-0.4, -0.2) is 42.0 Å². The number of hydrogen-bond donors (Lipinski definition) is 3. The topological polar surface area (TPSA) is 56.4 Å². The summed E-state index contributed by atoms with van der Waals surface area (Å²) in [6.07, 6.45) is 0.799. The molecule has 1 aromatic rings. The maximum atomic E-state index is 12.7. The van der Waals surface area contributed by atoms with E-state index in [2.05, 4.69) is 42.1 Å².